The summed E-state index contributed by atoms with van der Waals surface area (Å²) >= 11 is 0. The van der Waals surface area contributed by atoms with E-state index in [9.17, 15) is 9.18 Å². The van der Waals surface area contributed by atoms with Crippen LogP contribution in [0.1, 0.15) is 20.8 Å². The molecule has 0 bridgehead atoms. The number of benzene rings is 1. The third-order valence-electron chi connectivity index (χ3n) is 5.14. The number of anilines is 2. The quantitative estimate of drug-likeness (QED) is 0.776. The van der Waals surface area contributed by atoms with Crippen molar-refractivity contribution in [3.63, 3.8) is 0 Å². The van der Waals surface area contributed by atoms with Crippen LogP contribution in [0.15, 0.2) is 18.2 Å². The highest BCUT2D eigenvalue weighted by Crippen LogP contribution is 2.43. The average molecular weight is 396 g/mol. The Bertz CT molecular complexity index is 709. The number of rotatable bonds is 5. The lowest BCUT2D eigenvalue weighted by Crippen LogP contribution is -2.63. The second-order valence-electron chi connectivity index (χ2n) is 8.48. The number of cyclic esters (lactones) is 1. The van der Waals surface area contributed by atoms with E-state index < -0.39 is 27.1 Å². The minimum absolute atomic E-state index is 0.0769. The number of carbonyl (C=O) groups excluding carboxylic acids is 1. The molecule has 2 fully saturated rings. The second kappa shape index (κ2) is 7.41. The van der Waals surface area contributed by atoms with E-state index in [2.05, 4.69) is 33.9 Å². The predicted octanol–water partition coefficient (Wildman–Crippen LogP) is 3.22. The van der Waals surface area contributed by atoms with Gasteiger partial charge in [-0.3, -0.25) is 4.90 Å². The molecule has 6 nitrogen and oxygen atoms in total. The number of carbonyl (C=O) groups is 1. The van der Waals surface area contributed by atoms with Crippen LogP contribution in [0.2, 0.25) is 13.1 Å². The van der Waals surface area contributed by atoms with Gasteiger partial charge in [0.1, 0.15) is 18.1 Å². The molecule has 0 aromatic heterocycles. The Balaban J connectivity index is 1.80. The molecule has 2 aliphatic rings. The molecular weight excluding hydrogens is 367 g/mol. The zero-order valence-corrected chi connectivity index (χ0v) is 17.5. The number of hydrogen-bond acceptors (Lipinski definition) is 5. The van der Waals surface area contributed by atoms with Crippen LogP contribution in [0.25, 0.3) is 0 Å². The maximum Gasteiger partial charge on any atom is 0.414 e. The van der Waals surface area contributed by atoms with Gasteiger partial charge in [0.05, 0.1) is 24.5 Å². The van der Waals surface area contributed by atoms with Gasteiger partial charge in [0, 0.05) is 12.5 Å². The van der Waals surface area contributed by atoms with Crippen molar-refractivity contribution in [3.8, 4) is 0 Å². The van der Waals surface area contributed by atoms with Crippen molar-refractivity contribution in [1.29, 1.82) is 0 Å². The van der Waals surface area contributed by atoms with E-state index in [4.69, 9.17) is 14.3 Å². The van der Waals surface area contributed by atoms with Gasteiger partial charge in [0.2, 0.25) is 9.04 Å². The van der Waals surface area contributed by atoms with E-state index in [0.717, 1.165) is 6.54 Å². The number of nitrogens with zero attached hydrogens (tertiary/aromatic N) is 2. The lowest BCUT2D eigenvalue weighted by Gasteiger charge is -2.54. The lowest BCUT2D eigenvalue weighted by atomic mass is 9.74. The van der Waals surface area contributed by atoms with Crippen LogP contribution in [0.5, 0.6) is 0 Å². The molecular formula is C19H28FN2O4Si. The fourth-order valence-electron chi connectivity index (χ4n) is 3.53. The first-order chi connectivity index (χ1) is 12.6. The average Bonchev–Trinajstić information content (AvgIpc) is 2.93. The number of hydrogen-bond donors (Lipinski definition) is 1. The summed E-state index contributed by atoms with van der Waals surface area (Å²) in [4.78, 5) is 15.2. The minimum Gasteiger partial charge on any atom is -0.441 e. The van der Waals surface area contributed by atoms with Gasteiger partial charge in [-0.2, -0.15) is 0 Å². The number of amides is 1. The van der Waals surface area contributed by atoms with Gasteiger partial charge in [0.25, 0.3) is 0 Å². The van der Waals surface area contributed by atoms with Gasteiger partial charge < -0.3 is 19.2 Å². The van der Waals surface area contributed by atoms with E-state index in [-0.39, 0.29) is 24.8 Å². The normalized spacial score (nSPS) is 25.8. The summed E-state index contributed by atoms with van der Waals surface area (Å²) in [5.41, 5.74) is 0.991. The van der Waals surface area contributed by atoms with E-state index in [1.807, 2.05) is 4.90 Å². The van der Waals surface area contributed by atoms with E-state index >= 15 is 0 Å². The predicted molar refractivity (Wildman–Crippen MR) is 104 cm³/mol. The molecule has 2 saturated heterocycles. The van der Waals surface area contributed by atoms with Crippen molar-refractivity contribution >= 4 is 26.5 Å². The Morgan fingerprint density at radius 1 is 1.33 bits per heavy atom. The Labute approximate surface area is 161 Å². The van der Waals surface area contributed by atoms with Gasteiger partial charge in [-0.15, -0.1) is 0 Å². The monoisotopic (exact) mass is 395 g/mol. The molecule has 149 valence electrons. The molecule has 0 aliphatic carbocycles. The molecule has 8 heteroatoms. The van der Waals surface area contributed by atoms with Crippen LogP contribution in [0.3, 0.4) is 0 Å². The van der Waals surface area contributed by atoms with E-state index in [1.165, 1.54) is 11.0 Å². The minimum atomic E-state index is -0.933. The van der Waals surface area contributed by atoms with Crippen molar-refractivity contribution in [3.05, 3.63) is 24.0 Å². The van der Waals surface area contributed by atoms with Crippen molar-refractivity contribution in [2.45, 2.75) is 46.2 Å². The number of aliphatic hydroxyl groups is 1. The highest BCUT2D eigenvalue weighted by molar-refractivity contribution is 6.48. The van der Waals surface area contributed by atoms with Crippen LogP contribution in [0.4, 0.5) is 20.6 Å². The third kappa shape index (κ3) is 3.97. The fraction of sp³-hybridized carbons (Fsp3) is 0.632. The maximum atomic E-state index is 14.9. The fourth-order valence-corrected chi connectivity index (χ4v) is 4.31. The first kappa shape index (κ1) is 20.1. The van der Waals surface area contributed by atoms with Crippen LogP contribution in [-0.4, -0.2) is 52.3 Å². The zero-order valence-electron chi connectivity index (χ0n) is 16.5. The summed E-state index contributed by atoms with van der Waals surface area (Å²) in [6, 6.07) is 4.75. The third-order valence-corrected chi connectivity index (χ3v) is 5.86. The highest BCUT2D eigenvalue weighted by Gasteiger charge is 2.47. The first-order valence-corrected chi connectivity index (χ1v) is 11.6. The molecule has 1 N–H and O–H groups in total. The summed E-state index contributed by atoms with van der Waals surface area (Å²) in [6.07, 6.45) is -1.27. The van der Waals surface area contributed by atoms with Gasteiger partial charge in [-0.1, -0.05) is 20.8 Å². The molecule has 1 radical (unpaired) electrons. The molecule has 0 spiro atoms. The van der Waals surface area contributed by atoms with Gasteiger partial charge >= 0.3 is 6.09 Å². The number of halogens is 1. The Kier molecular flexibility index (Phi) is 5.51. The number of aliphatic hydroxyl groups excluding tert-OH is 1. The SMILES string of the molecule is C[Si](C)OC1C(C(C)(C)C)CN1c1ccc(N2C[C@H](CO)OC2=O)cc1F. The highest BCUT2D eigenvalue weighted by atomic mass is 28.3. The maximum absolute atomic E-state index is 14.9. The van der Waals surface area contributed by atoms with Gasteiger partial charge in [0.15, 0.2) is 0 Å². The molecule has 2 unspecified atom stereocenters. The van der Waals surface area contributed by atoms with Crippen molar-refractivity contribution in [2.75, 3.05) is 29.5 Å². The zero-order chi connectivity index (χ0) is 19.9. The Hall–Kier alpha value is -1.64. The van der Waals surface area contributed by atoms with Crippen LogP contribution in [0, 0.1) is 17.2 Å². The smallest absolute Gasteiger partial charge is 0.414 e. The molecule has 1 aromatic rings. The largest absolute Gasteiger partial charge is 0.441 e. The topological polar surface area (TPSA) is 62.2 Å². The standard InChI is InChI=1S/C19H28FN2O4Si/c1-19(2,3)14-10-22(17(14)26-27(4)5)16-7-6-12(8-15(16)20)21-9-13(11-23)25-18(21)24/h6-8,13-14,17,23H,9-11H2,1-5H3/t13-,14?,17?/m1/s1. The molecule has 0 saturated carbocycles. The summed E-state index contributed by atoms with van der Waals surface area (Å²) < 4.78 is 26.1. The van der Waals surface area contributed by atoms with E-state index in [1.54, 1.807) is 12.1 Å². The summed E-state index contributed by atoms with van der Waals surface area (Å²) in [6.45, 7) is 11.4. The molecule has 27 heavy (non-hydrogen) atoms. The molecule has 1 amide bonds. The van der Waals surface area contributed by atoms with Crippen LogP contribution in [-0.2, 0) is 9.16 Å². The number of ether oxygens (including phenoxy) is 1. The van der Waals surface area contributed by atoms with Crippen LogP contribution >= 0.6 is 0 Å². The van der Waals surface area contributed by atoms with Crippen molar-refractivity contribution < 1.29 is 23.5 Å². The van der Waals surface area contributed by atoms with Gasteiger partial charge in [-0.25, -0.2) is 9.18 Å². The summed E-state index contributed by atoms with van der Waals surface area (Å²) in [7, 11) is -0.933. The first-order valence-electron chi connectivity index (χ1n) is 9.24. The van der Waals surface area contributed by atoms with E-state index in [0.29, 0.717) is 17.3 Å². The Morgan fingerprint density at radius 3 is 2.56 bits per heavy atom. The molecule has 2 aliphatic heterocycles. The molecule has 3 atom stereocenters. The Morgan fingerprint density at radius 2 is 2.04 bits per heavy atom. The second-order valence-corrected chi connectivity index (χ2v) is 10.5. The molecule has 2 heterocycles. The van der Waals surface area contributed by atoms with Crippen molar-refractivity contribution in [1.82, 2.24) is 0 Å². The van der Waals surface area contributed by atoms with Crippen molar-refractivity contribution in [2.24, 2.45) is 11.3 Å². The van der Waals surface area contributed by atoms with Crippen LogP contribution < -0.4 is 9.80 Å². The molecule has 3 rings (SSSR count). The molecule has 1 aromatic carbocycles. The summed E-state index contributed by atoms with van der Waals surface area (Å²) in [5, 5.41) is 9.15. The lowest BCUT2D eigenvalue weighted by molar-refractivity contribution is 0.00256. The van der Waals surface area contributed by atoms with Gasteiger partial charge in [-0.05, 0) is 36.7 Å². The summed E-state index contributed by atoms with van der Waals surface area (Å²) in [5.74, 6) is -0.0648.